The molecule has 148 valence electrons. The average molecular weight is 386 g/mol. The van der Waals surface area contributed by atoms with Crippen molar-refractivity contribution >= 4 is 29.0 Å². The first kappa shape index (κ1) is 21.0. The van der Waals surface area contributed by atoms with Crippen molar-refractivity contribution in [2.24, 2.45) is 5.73 Å². The molecule has 0 saturated carbocycles. The Balaban J connectivity index is 1.97. The van der Waals surface area contributed by atoms with Crippen LogP contribution >= 0.6 is 0 Å². The molecule has 0 aliphatic heterocycles. The van der Waals surface area contributed by atoms with E-state index in [2.05, 4.69) is 5.32 Å². The number of amides is 2. The Morgan fingerprint density at radius 1 is 1.18 bits per heavy atom. The lowest BCUT2D eigenvalue weighted by Gasteiger charge is -2.22. The Hall–Kier alpha value is -3.26. The van der Waals surface area contributed by atoms with Crippen LogP contribution in [0, 0.1) is 18.2 Å². The van der Waals surface area contributed by atoms with E-state index < -0.39 is 5.82 Å². The number of halogens is 1. The van der Waals surface area contributed by atoms with Crippen molar-refractivity contribution in [1.82, 2.24) is 0 Å². The summed E-state index contributed by atoms with van der Waals surface area (Å²) < 4.78 is 13.6. The van der Waals surface area contributed by atoms with Gasteiger partial charge in [-0.05, 0) is 55.0 Å². The predicted octanol–water partition coefficient (Wildman–Crippen LogP) is 2.16. The largest absolute Gasteiger partial charge is 0.395 e. The molecule has 0 aliphatic rings. The van der Waals surface area contributed by atoms with E-state index in [0.29, 0.717) is 22.5 Å². The molecule has 0 fully saturated rings. The van der Waals surface area contributed by atoms with Crippen LogP contribution in [0.15, 0.2) is 42.5 Å². The first-order valence-electron chi connectivity index (χ1n) is 8.73. The highest BCUT2D eigenvalue weighted by atomic mass is 19.1. The lowest BCUT2D eigenvalue weighted by molar-refractivity contribution is -0.122. The van der Waals surface area contributed by atoms with Crippen LogP contribution in [0.25, 0.3) is 0 Å². The number of carbonyl (C=O) groups excluding carboxylic acids is 2. The predicted molar refractivity (Wildman–Crippen MR) is 106 cm³/mol. The molecule has 0 atom stereocenters. The van der Waals surface area contributed by atoms with Gasteiger partial charge in [0, 0.05) is 36.3 Å². The smallest absolute Gasteiger partial charge is 0.227 e. The number of hydrogen-bond acceptors (Lipinski definition) is 4. The fourth-order valence-electron chi connectivity index (χ4n) is 2.68. The Kier molecular flexibility index (Phi) is 7.22. The van der Waals surface area contributed by atoms with Gasteiger partial charge in [-0.15, -0.1) is 0 Å². The van der Waals surface area contributed by atoms with Crippen LogP contribution in [0.3, 0.4) is 0 Å². The molecule has 0 spiro atoms. The summed E-state index contributed by atoms with van der Waals surface area (Å²) in [6.07, 6.45) is -0.156. The SMILES string of the molecule is Cc1cc(F)cc(N(CCO)C(=O)CCC(=O)Nc2ccc(C(=N)N)cc2)c1. The Labute approximate surface area is 162 Å². The summed E-state index contributed by atoms with van der Waals surface area (Å²) in [5.74, 6) is -1.29. The maximum Gasteiger partial charge on any atom is 0.227 e. The number of rotatable bonds is 8. The molecule has 0 heterocycles. The lowest BCUT2D eigenvalue weighted by Crippen LogP contribution is -2.34. The molecular formula is C20H23FN4O3. The van der Waals surface area contributed by atoms with Crippen molar-refractivity contribution in [3.8, 4) is 0 Å². The third-order valence-electron chi connectivity index (χ3n) is 4.01. The monoisotopic (exact) mass is 386 g/mol. The number of aliphatic hydroxyl groups excluding tert-OH is 1. The van der Waals surface area contributed by atoms with Crippen LogP contribution in [-0.2, 0) is 9.59 Å². The molecule has 2 aromatic rings. The minimum absolute atomic E-state index is 0.00978. The van der Waals surface area contributed by atoms with Gasteiger partial charge >= 0.3 is 0 Å². The number of hydrogen-bond donors (Lipinski definition) is 4. The molecule has 8 heteroatoms. The number of benzene rings is 2. The molecule has 0 unspecified atom stereocenters. The van der Waals surface area contributed by atoms with E-state index in [-0.39, 0.29) is 43.6 Å². The molecular weight excluding hydrogens is 363 g/mol. The minimum Gasteiger partial charge on any atom is -0.395 e. The summed E-state index contributed by atoms with van der Waals surface area (Å²) in [6, 6.07) is 10.7. The third kappa shape index (κ3) is 5.88. The number of nitrogens with two attached hydrogens (primary N) is 1. The maximum atomic E-state index is 13.6. The molecule has 7 nitrogen and oxygen atoms in total. The van der Waals surface area contributed by atoms with Crippen molar-refractivity contribution in [2.45, 2.75) is 19.8 Å². The summed E-state index contributed by atoms with van der Waals surface area (Å²) >= 11 is 0. The van der Waals surface area contributed by atoms with Crippen molar-refractivity contribution in [3.63, 3.8) is 0 Å². The molecule has 28 heavy (non-hydrogen) atoms. The zero-order valence-corrected chi connectivity index (χ0v) is 15.5. The summed E-state index contributed by atoms with van der Waals surface area (Å²) in [4.78, 5) is 25.9. The zero-order valence-electron chi connectivity index (χ0n) is 15.5. The Morgan fingerprint density at radius 2 is 1.86 bits per heavy atom. The standard InChI is InChI=1S/C20H23FN4O3/c1-13-10-15(21)12-17(11-13)25(8-9-26)19(28)7-6-18(27)24-16-4-2-14(3-5-16)20(22)23/h2-5,10-12,26H,6-9H2,1H3,(H3,22,23)(H,24,27). The van der Waals surface area contributed by atoms with Gasteiger partial charge in [0.1, 0.15) is 11.7 Å². The molecule has 0 radical (unpaired) electrons. The van der Waals surface area contributed by atoms with Crippen molar-refractivity contribution in [1.29, 1.82) is 5.41 Å². The molecule has 0 aromatic heterocycles. The van der Waals surface area contributed by atoms with Crippen molar-refractivity contribution < 1.29 is 19.1 Å². The second-order valence-corrected chi connectivity index (χ2v) is 6.29. The summed E-state index contributed by atoms with van der Waals surface area (Å²) in [7, 11) is 0. The lowest BCUT2D eigenvalue weighted by atomic mass is 10.1. The van der Waals surface area contributed by atoms with E-state index >= 15 is 0 Å². The van der Waals surface area contributed by atoms with E-state index in [4.69, 9.17) is 11.1 Å². The maximum absolute atomic E-state index is 13.6. The van der Waals surface area contributed by atoms with Gasteiger partial charge in [0.25, 0.3) is 0 Å². The first-order valence-corrected chi connectivity index (χ1v) is 8.73. The van der Waals surface area contributed by atoms with Gasteiger partial charge in [-0.3, -0.25) is 15.0 Å². The highest BCUT2D eigenvalue weighted by Gasteiger charge is 2.17. The van der Waals surface area contributed by atoms with Crippen LogP contribution in [0.1, 0.15) is 24.0 Å². The number of nitrogens with one attached hydrogen (secondary N) is 2. The molecule has 0 aliphatic carbocycles. The van der Waals surface area contributed by atoms with E-state index in [1.54, 1.807) is 37.3 Å². The molecule has 0 saturated heterocycles. The topological polar surface area (TPSA) is 120 Å². The summed E-state index contributed by atoms with van der Waals surface area (Å²) in [5, 5.41) is 19.2. The van der Waals surface area contributed by atoms with Gasteiger partial charge in [-0.2, -0.15) is 0 Å². The van der Waals surface area contributed by atoms with Crippen molar-refractivity contribution in [2.75, 3.05) is 23.4 Å². The van der Waals surface area contributed by atoms with Gasteiger partial charge in [0.05, 0.1) is 6.61 Å². The summed E-state index contributed by atoms with van der Waals surface area (Å²) in [6.45, 7) is 1.44. The number of aliphatic hydroxyl groups is 1. The minimum atomic E-state index is -0.475. The molecule has 5 N–H and O–H groups in total. The van der Waals surface area contributed by atoms with E-state index in [0.717, 1.165) is 0 Å². The van der Waals surface area contributed by atoms with Crippen LogP contribution < -0.4 is 16.0 Å². The number of nitrogen functional groups attached to an aromatic ring is 1. The quantitative estimate of drug-likeness (QED) is 0.410. The average Bonchev–Trinajstić information content (AvgIpc) is 2.63. The fraction of sp³-hybridized carbons (Fsp3) is 0.250. The highest BCUT2D eigenvalue weighted by Crippen LogP contribution is 2.20. The number of amidine groups is 1. The van der Waals surface area contributed by atoms with Gasteiger partial charge in [0.2, 0.25) is 11.8 Å². The second kappa shape index (κ2) is 9.61. The van der Waals surface area contributed by atoms with E-state index in [1.807, 2.05) is 0 Å². The Bertz CT molecular complexity index is 848. The van der Waals surface area contributed by atoms with Crippen LogP contribution in [0.4, 0.5) is 15.8 Å². The van der Waals surface area contributed by atoms with E-state index in [1.165, 1.54) is 17.0 Å². The summed E-state index contributed by atoms with van der Waals surface area (Å²) in [5.41, 5.74) is 7.44. The fourth-order valence-corrected chi connectivity index (χ4v) is 2.68. The molecule has 0 bridgehead atoms. The van der Waals surface area contributed by atoms with Gasteiger partial charge in [-0.25, -0.2) is 4.39 Å². The van der Waals surface area contributed by atoms with Crippen LogP contribution in [-0.4, -0.2) is 35.9 Å². The number of nitrogens with zero attached hydrogens (tertiary/aromatic N) is 1. The van der Waals surface area contributed by atoms with E-state index in [9.17, 15) is 19.1 Å². The number of anilines is 2. The second-order valence-electron chi connectivity index (χ2n) is 6.29. The van der Waals surface area contributed by atoms with Gasteiger partial charge in [0.15, 0.2) is 0 Å². The first-order chi connectivity index (χ1) is 13.3. The van der Waals surface area contributed by atoms with Crippen LogP contribution in [0.2, 0.25) is 0 Å². The molecule has 2 aromatic carbocycles. The molecule has 2 rings (SSSR count). The van der Waals surface area contributed by atoms with Gasteiger partial charge in [-0.1, -0.05) is 0 Å². The van der Waals surface area contributed by atoms with Crippen LogP contribution in [0.5, 0.6) is 0 Å². The highest BCUT2D eigenvalue weighted by molar-refractivity contribution is 5.99. The number of aryl methyl sites for hydroxylation is 1. The zero-order chi connectivity index (χ0) is 20.7. The normalized spacial score (nSPS) is 10.4. The number of carbonyl (C=O) groups is 2. The van der Waals surface area contributed by atoms with Gasteiger partial charge < -0.3 is 21.1 Å². The molecule has 2 amide bonds. The third-order valence-corrected chi connectivity index (χ3v) is 4.01. The Morgan fingerprint density at radius 3 is 2.43 bits per heavy atom. The van der Waals surface area contributed by atoms with Crippen molar-refractivity contribution in [3.05, 3.63) is 59.4 Å².